The third kappa shape index (κ3) is 5.10. The van der Waals surface area contributed by atoms with Gasteiger partial charge >= 0.3 is 0 Å². The molecule has 4 N–H and O–H groups in total. The normalized spacial score (nSPS) is 11.2. The zero-order valence-corrected chi connectivity index (χ0v) is 17.1. The molecular weight excluding hydrogens is 441 g/mol. The van der Waals surface area contributed by atoms with Gasteiger partial charge in [-0.15, -0.1) is 24.0 Å². The first-order valence-corrected chi connectivity index (χ1v) is 8.34. The minimum absolute atomic E-state index is 0. The maximum Gasteiger partial charge on any atom is 0.188 e. The number of fused-ring (bicyclic) bond motifs is 1. The van der Waals surface area contributed by atoms with Crippen LogP contribution in [0.4, 0.5) is 0 Å². The number of aromatic nitrogens is 2. The highest BCUT2D eigenvalue weighted by molar-refractivity contribution is 14.0. The summed E-state index contributed by atoms with van der Waals surface area (Å²) in [5, 5.41) is 4.28. The topological polar surface area (TPSA) is 88.3 Å². The summed E-state index contributed by atoms with van der Waals surface area (Å²) >= 11 is 0. The van der Waals surface area contributed by atoms with Crippen LogP contribution in [0, 0.1) is 0 Å². The van der Waals surface area contributed by atoms with Crippen LogP contribution in [0.25, 0.3) is 10.9 Å². The fourth-order valence-electron chi connectivity index (χ4n) is 2.80. The first kappa shape index (κ1) is 20.0. The number of aromatic amines is 1. The second-order valence-electron chi connectivity index (χ2n) is 5.71. The molecular formula is C19H24IN5O. The number of methoxy groups -OCH3 is 1. The van der Waals surface area contributed by atoms with E-state index in [1.54, 1.807) is 13.3 Å². The molecule has 2 heterocycles. The van der Waals surface area contributed by atoms with E-state index in [4.69, 9.17) is 10.5 Å². The predicted octanol–water partition coefficient (Wildman–Crippen LogP) is 2.88. The standard InChI is InChI=1S/C19H23N5O.HI/c1-25-17-7-4-6-16-18(17)14(13-24-16)8-11-22-19(20)23-12-9-15-5-2-3-10-21-15;/h2-7,10,13,24H,8-9,11-12H2,1H3,(H3,20,22,23);1H. The van der Waals surface area contributed by atoms with E-state index in [1.165, 1.54) is 5.56 Å². The summed E-state index contributed by atoms with van der Waals surface area (Å²) in [5.41, 5.74) is 9.22. The molecule has 138 valence electrons. The van der Waals surface area contributed by atoms with E-state index < -0.39 is 0 Å². The zero-order valence-electron chi connectivity index (χ0n) is 14.7. The van der Waals surface area contributed by atoms with Crippen molar-refractivity contribution in [1.29, 1.82) is 0 Å². The van der Waals surface area contributed by atoms with Gasteiger partial charge < -0.3 is 20.8 Å². The minimum Gasteiger partial charge on any atom is -0.496 e. The third-order valence-corrected chi connectivity index (χ3v) is 4.05. The number of guanidine groups is 1. The van der Waals surface area contributed by atoms with Gasteiger partial charge in [-0.2, -0.15) is 0 Å². The summed E-state index contributed by atoms with van der Waals surface area (Å²) in [7, 11) is 1.69. The quantitative estimate of drug-likeness (QED) is 0.285. The van der Waals surface area contributed by atoms with Crippen molar-refractivity contribution in [2.45, 2.75) is 12.8 Å². The number of H-pyrrole nitrogens is 1. The maximum absolute atomic E-state index is 5.93. The van der Waals surface area contributed by atoms with Crippen molar-refractivity contribution in [3.63, 3.8) is 0 Å². The summed E-state index contributed by atoms with van der Waals surface area (Å²) in [4.78, 5) is 11.9. The molecule has 3 aromatic rings. The van der Waals surface area contributed by atoms with E-state index in [0.717, 1.165) is 35.2 Å². The lowest BCUT2D eigenvalue weighted by molar-refractivity contribution is 0.419. The van der Waals surface area contributed by atoms with Gasteiger partial charge in [0.15, 0.2) is 5.96 Å². The lowest BCUT2D eigenvalue weighted by Gasteiger charge is -2.07. The largest absolute Gasteiger partial charge is 0.496 e. The number of pyridine rings is 1. The Hall–Kier alpha value is -2.29. The van der Waals surface area contributed by atoms with E-state index in [9.17, 15) is 0 Å². The van der Waals surface area contributed by atoms with Crippen LogP contribution in [-0.2, 0) is 12.8 Å². The fourth-order valence-corrected chi connectivity index (χ4v) is 2.80. The molecule has 0 fully saturated rings. The van der Waals surface area contributed by atoms with Crippen LogP contribution >= 0.6 is 24.0 Å². The van der Waals surface area contributed by atoms with E-state index in [2.05, 4.69) is 20.3 Å². The fraction of sp³-hybridized carbons (Fsp3) is 0.263. The molecule has 26 heavy (non-hydrogen) atoms. The van der Waals surface area contributed by atoms with Gasteiger partial charge in [0.05, 0.1) is 7.11 Å². The first-order valence-electron chi connectivity index (χ1n) is 8.34. The Balaban J connectivity index is 0.00000243. The Kier molecular flexibility index (Phi) is 7.71. The molecule has 3 rings (SSSR count). The van der Waals surface area contributed by atoms with Gasteiger partial charge in [0.25, 0.3) is 0 Å². The molecule has 0 unspecified atom stereocenters. The number of aliphatic imine (C=N–C) groups is 1. The molecule has 7 heteroatoms. The molecule has 0 atom stereocenters. The zero-order chi connectivity index (χ0) is 17.5. The Bertz CT molecular complexity index is 848. The van der Waals surface area contributed by atoms with Gasteiger partial charge in [0.1, 0.15) is 5.75 Å². The van der Waals surface area contributed by atoms with Crippen LogP contribution in [0.2, 0.25) is 0 Å². The molecule has 0 radical (unpaired) electrons. The third-order valence-electron chi connectivity index (χ3n) is 4.05. The van der Waals surface area contributed by atoms with Crippen molar-refractivity contribution in [2.24, 2.45) is 10.7 Å². The molecule has 0 saturated heterocycles. The Morgan fingerprint density at radius 1 is 1.23 bits per heavy atom. The number of nitrogens with zero attached hydrogens (tertiary/aromatic N) is 2. The molecule has 0 amide bonds. The van der Waals surface area contributed by atoms with Gasteiger partial charge in [-0.05, 0) is 36.2 Å². The Morgan fingerprint density at radius 2 is 2.12 bits per heavy atom. The van der Waals surface area contributed by atoms with Crippen LogP contribution in [0.1, 0.15) is 11.3 Å². The SMILES string of the molecule is COc1cccc2[nH]cc(CCNC(N)=NCCc3ccccn3)c12.I. The maximum atomic E-state index is 5.93. The van der Waals surface area contributed by atoms with E-state index in [1.807, 2.05) is 42.6 Å². The van der Waals surface area contributed by atoms with Crippen LogP contribution in [0.15, 0.2) is 53.8 Å². The number of nitrogens with one attached hydrogen (secondary N) is 2. The number of hydrogen-bond donors (Lipinski definition) is 3. The lowest BCUT2D eigenvalue weighted by atomic mass is 10.1. The number of rotatable bonds is 7. The van der Waals surface area contributed by atoms with Crippen molar-refractivity contribution in [3.05, 3.63) is 60.0 Å². The molecule has 0 saturated carbocycles. The summed E-state index contributed by atoms with van der Waals surface area (Å²) in [6.07, 6.45) is 5.42. The van der Waals surface area contributed by atoms with Gasteiger partial charge in [-0.1, -0.05) is 12.1 Å². The number of benzene rings is 1. The number of halogens is 1. The van der Waals surface area contributed by atoms with Crippen LogP contribution < -0.4 is 15.8 Å². The highest BCUT2D eigenvalue weighted by Gasteiger charge is 2.08. The number of ether oxygens (including phenoxy) is 1. The molecule has 0 bridgehead atoms. The lowest BCUT2D eigenvalue weighted by Crippen LogP contribution is -2.33. The second-order valence-corrected chi connectivity index (χ2v) is 5.71. The second kappa shape index (κ2) is 10.0. The summed E-state index contributed by atoms with van der Waals surface area (Å²) < 4.78 is 5.45. The molecule has 0 aliphatic carbocycles. The predicted molar refractivity (Wildman–Crippen MR) is 116 cm³/mol. The van der Waals surface area contributed by atoms with Gasteiger partial charge in [-0.3, -0.25) is 9.98 Å². The molecule has 2 aromatic heterocycles. The average Bonchev–Trinajstić information content (AvgIpc) is 3.06. The van der Waals surface area contributed by atoms with Crippen LogP contribution in [0.5, 0.6) is 5.75 Å². The van der Waals surface area contributed by atoms with Crippen LogP contribution in [-0.4, -0.2) is 36.1 Å². The highest BCUT2D eigenvalue weighted by Crippen LogP contribution is 2.28. The van der Waals surface area contributed by atoms with Gasteiger partial charge in [0, 0.05) is 48.5 Å². The van der Waals surface area contributed by atoms with Crippen molar-refractivity contribution in [3.8, 4) is 5.75 Å². The summed E-state index contributed by atoms with van der Waals surface area (Å²) in [6.45, 7) is 1.33. The van der Waals surface area contributed by atoms with Crippen molar-refractivity contribution >= 4 is 40.8 Å². The molecule has 0 aliphatic heterocycles. The minimum atomic E-state index is 0. The number of nitrogens with two attached hydrogens (primary N) is 1. The molecule has 0 spiro atoms. The Morgan fingerprint density at radius 3 is 2.88 bits per heavy atom. The summed E-state index contributed by atoms with van der Waals surface area (Å²) in [6, 6.07) is 11.9. The molecule has 6 nitrogen and oxygen atoms in total. The van der Waals surface area contributed by atoms with E-state index in [-0.39, 0.29) is 24.0 Å². The van der Waals surface area contributed by atoms with Gasteiger partial charge in [0.2, 0.25) is 0 Å². The summed E-state index contributed by atoms with van der Waals surface area (Å²) in [5.74, 6) is 1.34. The monoisotopic (exact) mass is 465 g/mol. The first-order chi connectivity index (χ1) is 12.3. The van der Waals surface area contributed by atoms with Gasteiger partial charge in [-0.25, -0.2) is 0 Å². The van der Waals surface area contributed by atoms with Crippen molar-refractivity contribution in [1.82, 2.24) is 15.3 Å². The van der Waals surface area contributed by atoms with Crippen molar-refractivity contribution in [2.75, 3.05) is 20.2 Å². The van der Waals surface area contributed by atoms with E-state index >= 15 is 0 Å². The Labute approximate surface area is 170 Å². The van der Waals surface area contributed by atoms with E-state index in [0.29, 0.717) is 19.0 Å². The molecule has 1 aromatic carbocycles. The average molecular weight is 465 g/mol. The number of hydrogen-bond acceptors (Lipinski definition) is 3. The molecule has 0 aliphatic rings. The van der Waals surface area contributed by atoms with Crippen LogP contribution in [0.3, 0.4) is 0 Å². The smallest absolute Gasteiger partial charge is 0.188 e. The van der Waals surface area contributed by atoms with Crippen molar-refractivity contribution < 1.29 is 4.74 Å². The highest BCUT2D eigenvalue weighted by atomic mass is 127.